The molecule has 100 valence electrons. The molecule has 0 aliphatic heterocycles. The van der Waals surface area contributed by atoms with E-state index in [0.29, 0.717) is 23.8 Å². The fourth-order valence-corrected chi connectivity index (χ4v) is 1.73. The quantitative estimate of drug-likeness (QED) is 0.892. The first-order chi connectivity index (χ1) is 8.66. The number of pyridine rings is 1. The largest absolute Gasteiger partial charge is 0.492 e. The Morgan fingerprint density at radius 3 is 2.61 bits per heavy atom. The van der Waals surface area contributed by atoms with Crippen molar-refractivity contribution in [2.75, 3.05) is 6.61 Å². The van der Waals surface area contributed by atoms with E-state index in [1.165, 1.54) is 25.5 Å². The maximum absolute atomic E-state index is 10.8. The number of carboxylic acids is 1. The second-order valence-electron chi connectivity index (χ2n) is 4.25. The highest BCUT2D eigenvalue weighted by Crippen LogP contribution is 2.27. The molecule has 0 radical (unpaired) electrons. The van der Waals surface area contributed by atoms with Crippen molar-refractivity contribution in [1.29, 1.82) is 0 Å². The second kappa shape index (κ2) is 6.99. The lowest BCUT2D eigenvalue weighted by atomic mass is 9.86. The smallest absolute Gasteiger partial charge is 0.354 e. The molecule has 0 bridgehead atoms. The topological polar surface area (TPSA) is 59.4 Å². The van der Waals surface area contributed by atoms with Gasteiger partial charge in [-0.15, -0.1) is 0 Å². The third kappa shape index (κ3) is 3.72. The number of hydrogen-bond donors (Lipinski definition) is 1. The normalized spacial score (nSPS) is 14.2. The fraction of sp³-hybridized carbons (Fsp3) is 0.571. The van der Waals surface area contributed by atoms with Crippen LogP contribution in [-0.4, -0.2) is 22.7 Å². The summed E-state index contributed by atoms with van der Waals surface area (Å²) in [6.45, 7) is 6.44. The summed E-state index contributed by atoms with van der Waals surface area (Å²) in [6.07, 6.45) is 5.25. The summed E-state index contributed by atoms with van der Waals surface area (Å²) in [5.74, 6) is 0.330. The van der Waals surface area contributed by atoms with Crippen LogP contribution in [-0.2, 0) is 0 Å². The summed E-state index contributed by atoms with van der Waals surface area (Å²) in [5.41, 5.74) is 0.731. The highest BCUT2D eigenvalue weighted by molar-refractivity contribution is 5.87. The van der Waals surface area contributed by atoms with E-state index < -0.39 is 5.97 Å². The Bertz CT molecular complexity index is 400. The van der Waals surface area contributed by atoms with Gasteiger partial charge in [-0.25, -0.2) is 9.78 Å². The number of carbonyl (C=O) groups is 1. The standard InChI is InChI=1S/C12H15NO3.C2H6/c1-8-5-10(6-13-11(8)12(14)15)16-7-9-3-2-4-9;1-2/h5-6,9H,2-4,7H2,1H3,(H,14,15);1-2H3. The van der Waals surface area contributed by atoms with Crippen LogP contribution in [0.3, 0.4) is 0 Å². The highest BCUT2D eigenvalue weighted by Gasteiger charge is 2.18. The number of ether oxygens (including phenoxy) is 1. The predicted octanol–water partition coefficient (Wildman–Crippen LogP) is 3.29. The van der Waals surface area contributed by atoms with E-state index in [2.05, 4.69) is 4.98 Å². The molecular weight excluding hydrogens is 230 g/mol. The first-order valence-electron chi connectivity index (χ1n) is 6.49. The van der Waals surface area contributed by atoms with E-state index in [4.69, 9.17) is 9.84 Å². The lowest BCUT2D eigenvalue weighted by Gasteiger charge is -2.25. The lowest BCUT2D eigenvalue weighted by Crippen LogP contribution is -2.19. The minimum atomic E-state index is -0.997. The van der Waals surface area contributed by atoms with Crippen LogP contribution in [0.15, 0.2) is 12.3 Å². The molecule has 18 heavy (non-hydrogen) atoms. The molecule has 0 atom stereocenters. The Hall–Kier alpha value is -1.58. The Morgan fingerprint density at radius 1 is 1.50 bits per heavy atom. The molecule has 0 aromatic carbocycles. The molecule has 0 unspecified atom stereocenters. The molecule has 4 heteroatoms. The van der Waals surface area contributed by atoms with Gasteiger partial charge in [-0.1, -0.05) is 20.3 Å². The van der Waals surface area contributed by atoms with Gasteiger partial charge in [0.2, 0.25) is 0 Å². The Balaban J connectivity index is 0.000000771. The van der Waals surface area contributed by atoms with E-state index >= 15 is 0 Å². The number of nitrogens with zero attached hydrogens (tertiary/aromatic N) is 1. The number of carboxylic acid groups (broad SMARTS) is 1. The van der Waals surface area contributed by atoms with Gasteiger partial charge in [0, 0.05) is 0 Å². The number of aromatic carboxylic acids is 1. The molecule has 1 aliphatic rings. The summed E-state index contributed by atoms with van der Waals surface area (Å²) in [5, 5.41) is 8.82. The average molecular weight is 251 g/mol. The molecule has 1 aliphatic carbocycles. The molecule has 1 aromatic heterocycles. The van der Waals surface area contributed by atoms with Gasteiger partial charge in [-0.3, -0.25) is 0 Å². The van der Waals surface area contributed by atoms with Gasteiger partial charge in [0.1, 0.15) is 5.75 Å². The average Bonchev–Trinajstić information content (AvgIpc) is 2.29. The third-order valence-corrected chi connectivity index (χ3v) is 2.97. The Labute approximate surface area is 108 Å². The van der Waals surface area contributed by atoms with Gasteiger partial charge in [0.05, 0.1) is 12.8 Å². The monoisotopic (exact) mass is 251 g/mol. The molecular formula is C14H21NO3. The van der Waals surface area contributed by atoms with Crippen molar-refractivity contribution in [3.05, 3.63) is 23.5 Å². The maximum atomic E-state index is 10.8. The van der Waals surface area contributed by atoms with Crippen LogP contribution >= 0.6 is 0 Å². The van der Waals surface area contributed by atoms with Gasteiger partial charge in [-0.2, -0.15) is 0 Å². The van der Waals surface area contributed by atoms with Gasteiger partial charge < -0.3 is 9.84 Å². The van der Waals surface area contributed by atoms with E-state index in [9.17, 15) is 4.79 Å². The Kier molecular flexibility index (Phi) is 5.62. The Morgan fingerprint density at radius 2 is 2.17 bits per heavy atom. The van der Waals surface area contributed by atoms with Crippen LogP contribution in [0.2, 0.25) is 0 Å². The van der Waals surface area contributed by atoms with Crippen LogP contribution < -0.4 is 4.74 Å². The van der Waals surface area contributed by atoms with Crippen LogP contribution in [0.5, 0.6) is 5.75 Å². The fourth-order valence-electron chi connectivity index (χ4n) is 1.73. The summed E-state index contributed by atoms with van der Waals surface area (Å²) in [6, 6.07) is 1.73. The first-order valence-corrected chi connectivity index (χ1v) is 6.49. The molecule has 1 aromatic rings. The van der Waals surface area contributed by atoms with E-state index in [1.807, 2.05) is 13.8 Å². The number of aryl methyl sites for hydroxylation is 1. The molecule has 0 spiro atoms. The van der Waals surface area contributed by atoms with Crippen molar-refractivity contribution in [3.8, 4) is 5.75 Å². The molecule has 2 rings (SSSR count). The number of rotatable bonds is 4. The lowest BCUT2D eigenvalue weighted by molar-refractivity contribution is 0.0689. The summed E-state index contributed by atoms with van der Waals surface area (Å²) >= 11 is 0. The van der Waals surface area contributed by atoms with Crippen molar-refractivity contribution >= 4 is 5.97 Å². The van der Waals surface area contributed by atoms with Crippen molar-refractivity contribution in [2.45, 2.75) is 40.0 Å². The number of aromatic nitrogens is 1. The third-order valence-electron chi connectivity index (χ3n) is 2.97. The summed E-state index contributed by atoms with van der Waals surface area (Å²) < 4.78 is 5.57. The van der Waals surface area contributed by atoms with Gasteiger partial charge in [-0.05, 0) is 37.3 Å². The summed E-state index contributed by atoms with van der Waals surface area (Å²) in [4.78, 5) is 14.6. The molecule has 1 fully saturated rings. The first kappa shape index (κ1) is 14.5. The van der Waals surface area contributed by atoms with Crippen molar-refractivity contribution in [1.82, 2.24) is 4.98 Å². The minimum absolute atomic E-state index is 0.0935. The summed E-state index contributed by atoms with van der Waals surface area (Å²) in [7, 11) is 0. The predicted molar refractivity (Wildman–Crippen MR) is 70.1 cm³/mol. The zero-order valence-corrected chi connectivity index (χ0v) is 11.3. The van der Waals surface area contributed by atoms with Crippen LogP contribution in [0.25, 0.3) is 0 Å². The molecule has 4 nitrogen and oxygen atoms in total. The van der Waals surface area contributed by atoms with E-state index in [1.54, 1.807) is 13.0 Å². The highest BCUT2D eigenvalue weighted by atomic mass is 16.5. The minimum Gasteiger partial charge on any atom is -0.492 e. The van der Waals surface area contributed by atoms with Gasteiger partial charge in [0.15, 0.2) is 5.69 Å². The SMILES string of the molecule is CC.Cc1cc(OCC2CCC2)cnc1C(=O)O. The van der Waals surface area contributed by atoms with Crippen molar-refractivity contribution in [2.24, 2.45) is 5.92 Å². The zero-order valence-electron chi connectivity index (χ0n) is 11.3. The molecule has 1 heterocycles. The second-order valence-corrected chi connectivity index (χ2v) is 4.25. The molecule has 0 saturated heterocycles. The molecule has 0 amide bonds. The molecule has 1 saturated carbocycles. The number of hydrogen-bond acceptors (Lipinski definition) is 3. The van der Waals surface area contributed by atoms with E-state index in [-0.39, 0.29) is 5.69 Å². The van der Waals surface area contributed by atoms with E-state index in [0.717, 1.165) is 0 Å². The van der Waals surface area contributed by atoms with Crippen LogP contribution in [0, 0.1) is 12.8 Å². The zero-order chi connectivity index (χ0) is 13.5. The van der Waals surface area contributed by atoms with Gasteiger partial charge in [0.25, 0.3) is 0 Å². The van der Waals surface area contributed by atoms with Crippen molar-refractivity contribution in [3.63, 3.8) is 0 Å². The molecule has 1 N–H and O–H groups in total. The van der Waals surface area contributed by atoms with Crippen LogP contribution in [0.1, 0.15) is 49.2 Å². The van der Waals surface area contributed by atoms with Crippen LogP contribution in [0.4, 0.5) is 0 Å². The maximum Gasteiger partial charge on any atom is 0.354 e. The van der Waals surface area contributed by atoms with Crippen molar-refractivity contribution < 1.29 is 14.6 Å². The van der Waals surface area contributed by atoms with Gasteiger partial charge >= 0.3 is 5.97 Å².